The van der Waals surface area contributed by atoms with Gasteiger partial charge in [0.25, 0.3) is 0 Å². The fourth-order valence-corrected chi connectivity index (χ4v) is 3.81. The van der Waals surface area contributed by atoms with Crippen LogP contribution in [0.5, 0.6) is 0 Å². The Balaban J connectivity index is 1.42. The fourth-order valence-electron chi connectivity index (χ4n) is 3.81. The molecule has 2 fully saturated rings. The van der Waals surface area contributed by atoms with Crippen molar-refractivity contribution in [2.75, 3.05) is 19.6 Å². The first-order chi connectivity index (χ1) is 11.6. The van der Waals surface area contributed by atoms with Crippen molar-refractivity contribution in [1.29, 1.82) is 0 Å². The Bertz CT molecular complexity index is 652. The molecule has 8 nitrogen and oxygen atoms in total. The van der Waals surface area contributed by atoms with Crippen molar-refractivity contribution in [3.05, 3.63) is 11.6 Å². The van der Waals surface area contributed by atoms with E-state index in [0.29, 0.717) is 51.9 Å². The van der Waals surface area contributed by atoms with Gasteiger partial charge in [0.05, 0.1) is 12.6 Å². The smallest absolute Gasteiger partial charge is 0.225 e. The zero-order valence-corrected chi connectivity index (χ0v) is 13.7. The van der Waals surface area contributed by atoms with Crippen molar-refractivity contribution >= 4 is 11.8 Å². The van der Waals surface area contributed by atoms with Crippen molar-refractivity contribution in [2.45, 2.75) is 51.3 Å². The third-order valence-electron chi connectivity index (χ3n) is 5.38. The topological polar surface area (TPSA) is 91.6 Å². The lowest BCUT2D eigenvalue weighted by molar-refractivity contribution is -0.142. The zero-order valence-electron chi connectivity index (χ0n) is 13.7. The van der Waals surface area contributed by atoms with E-state index in [2.05, 4.69) is 14.8 Å². The Labute approximate surface area is 140 Å². The summed E-state index contributed by atoms with van der Waals surface area (Å²) in [5.74, 6) is 2.01. The number of carbonyl (C=O) groups is 2. The van der Waals surface area contributed by atoms with Crippen molar-refractivity contribution in [3.63, 3.8) is 0 Å². The van der Waals surface area contributed by atoms with Gasteiger partial charge in [-0.05, 0) is 19.3 Å². The van der Waals surface area contributed by atoms with E-state index in [1.165, 1.54) is 0 Å². The molecule has 1 saturated heterocycles. The molecule has 0 radical (unpaired) electrons. The number of nitrogens with zero attached hydrogens (tertiary/aromatic N) is 5. The monoisotopic (exact) mass is 333 g/mol. The largest absolute Gasteiger partial charge is 0.393 e. The SMILES string of the molecule is O=C1CCCN1Cc1nnc2n1CCN(C(=O)C1CC(O)C1)CC2. The molecule has 24 heavy (non-hydrogen) atoms. The highest BCUT2D eigenvalue weighted by Crippen LogP contribution is 2.29. The summed E-state index contributed by atoms with van der Waals surface area (Å²) in [6.45, 7) is 3.24. The molecule has 130 valence electrons. The van der Waals surface area contributed by atoms with Crippen LogP contribution in [-0.2, 0) is 29.1 Å². The first-order valence-electron chi connectivity index (χ1n) is 8.77. The van der Waals surface area contributed by atoms with Crippen molar-refractivity contribution < 1.29 is 14.7 Å². The van der Waals surface area contributed by atoms with E-state index in [4.69, 9.17) is 0 Å². The van der Waals surface area contributed by atoms with Crippen molar-refractivity contribution in [2.24, 2.45) is 5.92 Å². The average molecular weight is 333 g/mol. The maximum atomic E-state index is 12.5. The van der Waals surface area contributed by atoms with Gasteiger partial charge in [0.15, 0.2) is 5.82 Å². The van der Waals surface area contributed by atoms with Crippen LogP contribution < -0.4 is 0 Å². The molecule has 2 aliphatic heterocycles. The molecule has 1 saturated carbocycles. The van der Waals surface area contributed by atoms with Crippen LogP contribution in [0.15, 0.2) is 0 Å². The van der Waals surface area contributed by atoms with E-state index < -0.39 is 0 Å². The Hall–Kier alpha value is -1.96. The van der Waals surface area contributed by atoms with Gasteiger partial charge in [0.2, 0.25) is 11.8 Å². The second-order valence-electron chi connectivity index (χ2n) is 7.00. The Morgan fingerprint density at radius 1 is 1.12 bits per heavy atom. The number of rotatable bonds is 3. The van der Waals surface area contributed by atoms with Gasteiger partial charge in [-0.1, -0.05) is 0 Å². The van der Waals surface area contributed by atoms with E-state index in [9.17, 15) is 14.7 Å². The number of aromatic nitrogens is 3. The molecular formula is C16H23N5O3. The number of hydrogen-bond donors (Lipinski definition) is 1. The normalized spacial score (nSPS) is 27.0. The molecule has 1 aromatic heterocycles. The highest BCUT2D eigenvalue weighted by molar-refractivity contribution is 5.80. The molecule has 0 unspecified atom stereocenters. The number of fused-ring (bicyclic) bond motifs is 1. The predicted octanol–water partition coefficient (Wildman–Crippen LogP) is -0.444. The summed E-state index contributed by atoms with van der Waals surface area (Å²) in [6, 6.07) is 0. The van der Waals surface area contributed by atoms with Crippen LogP contribution in [0.3, 0.4) is 0 Å². The summed E-state index contributed by atoms with van der Waals surface area (Å²) in [6.07, 6.45) is 3.08. The van der Waals surface area contributed by atoms with Gasteiger partial charge >= 0.3 is 0 Å². The van der Waals surface area contributed by atoms with Crippen LogP contribution in [0.1, 0.15) is 37.3 Å². The maximum absolute atomic E-state index is 12.5. The van der Waals surface area contributed by atoms with Gasteiger partial charge in [0.1, 0.15) is 5.82 Å². The summed E-state index contributed by atoms with van der Waals surface area (Å²) < 4.78 is 2.06. The number of aliphatic hydroxyl groups is 1. The first kappa shape index (κ1) is 15.6. The molecular weight excluding hydrogens is 310 g/mol. The lowest BCUT2D eigenvalue weighted by Gasteiger charge is -2.34. The molecule has 1 N–H and O–H groups in total. The van der Waals surface area contributed by atoms with Crippen LogP contribution in [0.2, 0.25) is 0 Å². The Morgan fingerprint density at radius 2 is 1.96 bits per heavy atom. The zero-order chi connectivity index (χ0) is 16.7. The highest BCUT2D eigenvalue weighted by Gasteiger charge is 2.36. The number of likely N-dealkylation sites (tertiary alicyclic amines) is 1. The second-order valence-corrected chi connectivity index (χ2v) is 7.00. The van der Waals surface area contributed by atoms with E-state index in [1.54, 1.807) is 0 Å². The molecule has 2 amide bonds. The number of hydrogen-bond acceptors (Lipinski definition) is 5. The second kappa shape index (κ2) is 6.16. The number of amides is 2. The summed E-state index contributed by atoms with van der Waals surface area (Å²) >= 11 is 0. The molecule has 8 heteroatoms. The molecule has 3 aliphatic rings. The maximum Gasteiger partial charge on any atom is 0.225 e. The molecule has 1 aromatic rings. The summed E-state index contributed by atoms with van der Waals surface area (Å²) in [5, 5.41) is 17.9. The van der Waals surface area contributed by atoms with Crippen LogP contribution in [0, 0.1) is 5.92 Å². The average Bonchev–Trinajstić information content (AvgIpc) is 3.04. The summed E-state index contributed by atoms with van der Waals surface area (Å²) in [4.78, 5) is 28.0. The quantitative estimate of drug-likeness (QED) is 0.809. The number of aliphatic hydroxyl groups excluding tert-OH is 1. The van der Waals surface area contributed by atoms with Crippen molar-refractivity contribution in [1.82, 2.24) is 24.6 Å². The van der Waals surface area contributed by atoms with Gasteiger partial charge in [-0.2, -0.15) is 0 Å². The van der Waals surface area contributed by atoms with E-state index in [1.807, 2.05) is 9.80 Å². The van der Waals surface area contributed by atoms with Gasteiger partial charge in [-0.25, -0.2) is 0 Å². The summed E-state index contributed by atoms with van der Waals surface area (Å²) in [5.41, 5.74) is 0. The van der Waals surface area contributed by atoms with Gasteiger partial charge < -0.3 is 19.5 Å². The van der Waals surface area contributed by atoms with Crippen LogP contribution in [0.25, 0.3) is 0 Å². The molecule has 1 aliphatic carbocycles. The molecule has 3 heterocycles. The molecule has 0 bridgehead atoms. The molecule has 0 spiro atoms. The third-order valence-corrected chi connectivity index (χ3v) is 5.38. The minimum Gasteiger partial charge on any atom is -0.393 e. The predicted molar refractivity (Wildman–Crippen MR) is 83.7 cm³/mol. The minimum absolute atomic E-state index is 0.0229. The van der Waals surface area contributed by atoms with Gasteiger partial charge in [-0.15, -0.1) is 10.2 Å². The number of carbonyl (C=O) groups excluding carboxylic acids is 2. The Morgan fingerprint density at radius 3 is 2.67 bits per heavy atom. The highest BCUT2D eigenvalue weighted by atomic mass is 16.3. The van der Waals surface area contributed by atoms with Gasteiger partial charge in [0, 0.05) is 44.9 Å². The minimum atomic E-state index is -0.310. The molecule has 0 atom stereocenters. The third kappa shape index (κ3) is 2.79. The van der Waals surface area contributed by atoms with Crippen LogP contribution >= 0.6 is 0 Å². The van der Waals surface area contributed by atoms with E-state index in [-0.39, 0.29) is 23.8 Å². The lowest BCUT2D eigenvalue weighted by Crippen LogP contribution is -2.44. The fraction of sp³-hybridized carbons (Fsp3) is 0.750. The van der Waals surface area contributed by atoms with Crippen LogP contribution in [-0.4, -0.2) is 67.2 Å². The Kier molecular flexibility index (Phi) is 3.99. The van der Waals surface area contributed by atoms with Crippen molar-refractivity contribution in [3.8, 4) is 0 Å². The van der Waals surface area contributed by atoms with Gasteiger partial charge in [-0.3, -0.25) is 9.59 Å². The molecule has 4 rings (SSSR count). The lowest BCUT2D eigenvalue weighted by atomic mass is 9.81. The summed E-state index contributed by atoms with van der Waals surface area (Å²) in [7, 11) is 0. The standard InChI is InChI=1S/C16H23N5O3/c22-12-8-11(9-12)16(24)19-5-3-13-17-18-14(21(13)7-6-19)10-20-4-1-2-15(20)23/h11-12,22H,1-10H2. The van der Waals surface area contributed by atoms with E-state index >= 15 is 0 Å². The first-order valence-corrected chi connectivity index (χ1v) is 8.77. The van der Waals surface area contributed by atoms with E-state index in [0.717, 1.165) is 24.6 Å². The molecule has 0 aromatic carbocycles. The van der Waals surface area contributed by atoms with Crippen LogP contribution in [0.4, 0.5) is 0 Å².